The van der Waals surface area contributed by atoms with Gasteiger partial charge in [-0.2, -0.15) is 0 Å². The van der Waals surface area contributed by atoms with Crippen molar-refractivity contribution in [1.29, 1.82) is 0 Å². The maximum absolute atomic E-state index is 13.4. The lowest BCUT2D eigenvalue weighted by atomic mass is 10.2. The third-order valence-corrected chi connectivity index (χ3v) is 1.87. The second kappa shape index (κ2) is 4.23. The highest BCUT2D eigenvalue weighted by molar-refractivity contribution is 5.47. The number of nitrogens with one attached hydrogen (secondary N) is 1. The van der Waals surface area contributed by atoms with Crippen LogP contribution in [-0.2, 0) is 0 Å². The number of rotatable bonds is 3. The molecule has 0 aliphatic heterocycles. The molecular weight excluding hydrogens is 169 g/mol. The summed E-state index contributed by atoms with van der Waals surface area (Å²) in [5.74, 6) is -0.247. The predicted molar refractivity (Wildman–Crippen MR) is 51.3 cm³/mol. The van der Waals surface area contributed by atoms with E-state index in [0.717, 1.165) is 0 Å². The zero-order valence-electron chi connectivity index (χ0n) is 7.84. The molecule has 0 saturated carbocycles. The number of aryl methyl sites for hydroxylation is 1. The topological polar surface area (TPSA) is 32.3 Å². The van der Waals surface area contributed by atoms with Gasteiger partial charge in [0.25, 0.3) is 0 Å². The van der Waals surface area contributed by atoms with Gasteiger partial charge < -0.3 is 10.4 Å². The summed E-state index contributed by atoms with van der Waals surface area (Å²) in [6, 6.07) is 5.03. The highest BCUT2D eigenvalue weighted by Crippen LogP contribution is 2.17. The van der Waals surface area contributed by atoms with E-state index in [4.69, 9.17) is 5.11 Å². The molecule has 72 valence electrons. The van der Waals surface area contributed by atoms with Crippen molar-refractivity contribution < 1.29 is 9.50 Å². The Morgan fingerprint density at radius 2 is 2.23 bits per heavy atom. The summed E-state index contributed by atoms with van der Waals surface area (Å²) < 4.78 is 13.4. The molecule has 13 heavy (non-hydrogen) atoms. The fourth-order valence-corrected chi connectivity index (χ4v) is 1.07. The highest BCUT2D eigenvalue weighted by atomic mass is 19.1. The van der Waals surface area contributed by atoms with Crippen molar-refractivity contribution in [2.24, 2.45) is 0 Å². The van der Waals surface area contributed by atoms with Crippen molar-refractivity contribution in [1.82, 2.24) is 0 Å². The maximum atomic E-state index is 13.4. The van der Waals surface area contributed by atoms with E-state index >= 15 is 0 Å². The monoisotopic (exact) mass is 183 g/mol. The van der Waals surface area contributed by atoms with Gasteiger partial charge in [-0.15, -0.1) is 0 Å². The molecule has 0 bridgehead atoms. The molecule has 0 spiro atoms. The molecule has 0 aromatic heterocycles. The van der Waals surface area contributed by atoms with Crippen LogP contribution in [-0.4, -0.2) is 17.8 Å². The van der Waals surface area contributed by atoms with Gasteiger partial charge in [-0.1, -0.05) is 12.1 Å². The lowest BCUT2D eigenvalue weighted by Crippen LogP contribution is -2.20. The van der Waals surface area contributed by atoms with E-state index < -0.39 is 0 Å². The molecule has 0 heterocycles. The van der Waals surface area contributed by atoms with Gasteiger partial charge in [0, 0.05) is 6.04 Å². The highest BCUT2D eigenvalue weighted by Gasteiger charge is 2.06. The lowest BCUT2D eigenvalue weighted by molar-refractivity contribution is 0.281. The molecule has 1 atom stereocenters. The number of hydrogen-bond acceptors (Lipinski definition) is 2. The second-order valence-corrected chi connectivity index (χ2v) is 3.16. The molecule has 3 heteroatoms. The molecule has 1 rings (SSSR count). The Kier molecular flexibility index (Phi) is 3.25. The molecule has 2 N–H and O–H groups in total. The molecule has 1 aromatic carbocycles. The minimum atomic E-state index is -0.247. The molecule has 2 nitrogen and oxygen atoms in total. The van der Waals surface area contributed by atoms with Crippen LogP contribution in [0.2, 0.25) is 0 Å². The molecule has 0 radical (unpaired) electrons. The Morgan fingerprint density at radius 1 is 1.54 bits per heavy atom. The number of anilines is 1. The van der Waals surface area contributed by atoms with Crippen molar-refractivity contribution in [2.45, 2.75) is 19.9 Å². The largest absolute Gasteiger partial charge is 0.394 e. The Morgan fingerprint density at radius 3 is 2.85 bits per heavy atom. The van der Waals surface area contributed by atoms with E-state index in [1.165, 1.54) is 0 Å². The lowest BCUT2D eigenvalue weighted by Gasteiger charge is -2.13. The van der Waals surface area contributed by atoms with Crippen LogP contribution in [0.25, 0.3) is 0 Å². The first-order valence-electron chi connectivity index (χ1n) is 4.27. The summed E-state index contributed by atoms with van der Waals surface area (Å²) in [6.07, 6.45) is 0. The van der Waals surface area contributed by atoms with E-state index in [-0.39, 0.29) is 18.5 Å². The van der Waals surface area contributed by atoms with Gasteiger partial charge in [-0.3, -0.25) is 0 Å². The van der Waals surface area contributed by atoms with E-state index in [1.807, 2.05) is 0 Å². The van der Waals surface area contributed by atoms with E-state index in [2.05, 4.69) is 5.32 Å². The molecule has 0 aliphatic rings. The van der Waals surface area contributed by atoms with Gasteiger partial charge in [-0.25, -0.2) is 4.39 Å². The Labute approximate surface area is 77.4 Å². The summed E-state index contributed by atoms with van der Waals surface area (Å²) in [7, 11) is 0. The number of aliphatic hydroxyl groups is 1. The number of benzene rings is 1. The SMILES string of the molecule is Cc1cccc(NC(C)CO)c1F. The van der Waals surface area contributed by atoms with Crippen LogP contribution in [0.3, 0.4) is 0 Å². The maximum Gasteiger partial charge on any atom is 0.149 e. The van der Waals surface area contributed by atoms with E-state index in [0.29, 0.717) is 11.3 Å². The van der Waals surface area contributed by atoms with Gasteiger partial charge in [0.2, 0.25) is 0 Å². The number of hydrogen-bond donors (Lipinski definition) is 2. The zero-order chi connectivity index (χ0) is 9.84. The van der Waals surface area contributed by atoms with Crippen molar-refractivity contribution in [3.05, 3.63) is 29.6 Å². The van der Waals surface area contributed by atoms with Crippen molar-refractivity contribution in [3.8, 4) is 0 Å². The summed E-state index contributed by atoms with van der Waals surface area (Å²) in [6.45, 7) is 3.50. The quantitative estimate of drug-likeness (QED) is 0.750. The first-order valence-corrected chi connectivity index (χ1v) is 4.27. The predicted octanol–water partition coefficient (Wildman–Crippen LogP) is 1.93. The third-order valence-electron chi connectivity index (χ3n) is 1.87. The smallest absolute Gasteiger partial charge is 0.149 e. The van der Waals surface area contributed by atoms with Crippen LogP contribution in [0.4, 0.5) is 10.1 Å². The van der Waals surface area contributed by atoms with Gasteiger partial charge in [0.15, 0.2) is 0 Å². The minimum absolute atomic E-state index is 0.00657. The second-order valence-electron chi connectivity index (χ2n) is 3.16. The van der Waals surface area contributed by atoms with Gasteiger partial charge in [0.05, 0.1) is 12.3 Å². The van der Waals surface area contributed by atoms with Crippen LogP contribution < -0.4 is 5.32 Å². The molecular formula is C10H14FNO. The average molecular weight is 183 g/mol. The molecule has 0 amide bonds. The normalized spacial score (nSPS) is 12.6. The van der Waals surface area contributed by atoms with Crippen LogP contribution in [0.1, 0.15) is 12.5 Å². The fourth-order valence-electron chi connectivity index (χ4n) is 1.07. The molecule has 1 aromatic rings. The summed E-state index contributed by atoms with van der Waals surface area (Å²) in [4.78, 5) is 0. The number of aliphatic hydroxyl groups excluding tert-OH is 1. The van der Waals surface area contributed by atoms with Gasteiger partial charge >= 0.3 is 0 Å². The van der Waals surface area contributed by atoms with E-state index in [9.17, 15) is 4.39 Å². The molecule has 0 saturated heterocycles. The Hall–Kier alpha value is -1.09. The fraction of sp³-hybridized carbons (Fsp3) is 0.400. The number of halogens is 1. The third kappa shape index (κ3) is 2.42. The summed E-state index contributed by atoms with van der Waals surface area (Å²) >= 11 is 0. The minimum Gasteiger partial charge on any atom is -0.394 e. The standard InChI is InChI=1S/C10H14FNO/c1-7-4-3-5-9(10(7)11)12-8(2)6-13/h3-5,8,12-13H,6H2,1-2H3. The van der Waals surface area contributed by atoms with Crippen LogP contribution in [0, 0.1) is 12.7 Å². The Bertz CT molecular complexity index is 288. The van der Waals surface area contributed by atoms with Crippen molar-refractivity contribution >= 4 is 5.69 Å². The van der Waals surface area contributed by atoms with Crippen molar-refractivity contribution in [3.63, 3.8) is 0 Å². The van der Waals surface area contributed by atoms with Gasteiger partial charge in [-0.05, 0) is 25.5 Å². The summed E-state index contributed by atoms with van der Waals surface area (Å²) in [5, 5.41) is 11.6. The molecule has 1 unspecified atom stereocenters. The molecule has 0 fully saturated rings. The average Bonchev–Trinajstić information content (AvgIpc) is 2.13. The van der Waals surface area contributed by atoms with Crippen LogP contribution in [0.5, 0.6) is 0 Å². The first-order chi connectivity index (χ1) is 6.15. The van der Waals surface area contributed by atoms with E-state index in [1.54, 1.807) is 32.0 Å². The van der Waals surface area contributed by atoms with Crippen LogP contribution in [0.15, 0.2) is 18.2 Å². The molecule has 0 aliphatic carbocycles. The first kappa shape index (κ1) is 9.99. The Balaban J connectivity index is 2.83. The van der Waals surface area contributed by atoms with Crippen molar-refractivity contribution in [2.75, 3.05) is 11.9 Å². The van der Waals surface area contributed by atoms with Crippen LogP contribution >= 0.6 is 0 Å². The van der Waals surface area contributed by atoms with Gasteiger partial charge in [0.1, 0.15) is 5.82 Å². The zero-order valence-corrected chi connectivity index (χ0v) is 7.84. The summed E-state index contributed by atoms with van der Waals surface area (Å²) in [5.41, 5.74) is 1.05.